The van der Waals surface area contributed by atoms with Gasteiger partial charge >= 0.3 is 78.1 Å². The molecule has 0 amide bonds. The van der Waals surface area contributed by atoms with Gasteiger partial charge in [0.2, 0.25) is 0 Å². The van der Waals surface area contributed by atoms with Crippen molar-refractivity contribution in [3.8, 4) is 0 Å². The number of hydrogen-bond acceptors (Lipinski definition) is 0. The van der Waals surface area contributed by atoms with Gasteiger partial charge in [-0.1, -0.05) is 43.7 Å². The van der Waals surface area contributed by atoms with Gasteiger partial charge in [-0.3, -0.25) is 0 Å². The van der Waals surface area contributed by atoms with Crippen LogP contribution in [0, 0.1) is 6.92 Å². The summed E-state index contributed by atoms with van der Waals surface area (Å²) >= 11 is 3.76. The zero-order valence-corrected chi connectivity index (χ0v) is 14.8. The average Bonchev–Trinajstić information content (AvgIpc) is 2.77. The Bertz CT molecular complexity index is 520. The SMILES string of the molecule is Cc1ccc(C(C)C)cc1.F[P-](F)(F)(F)(F)F.[Fe][CH]1C=CC=C1. The molecule has 0 saturated heterocycles. The second-order valence-electron chi connectivity index (χ2n) is 5.22. The van der Waals surface area contributed by atoms with Gasteiger partial charge in [-0.2, -0.15) is 0 Å². The maximum atomic E-state index is 9.87. The van der Waals surface area contributed by atoms with E-state index < -0.39 is 7.81 Å². The standard InChI is InChI=1S/C10H14.C5H5.F6P.Fe/c1-8(2)10-6-4-9(3)5-7-10;1-2-4-5-3-1;1-7(2,3,4,5)6;/h4-8H,1-3H3;1-5H;;/q;;-1;. The molecule has 0 heterocycles. The minimum absolute atomic E-state index is 0.435. The Kier molecular flexibility index (Phi) is 7.17. The summed E-state index contributed by atoms with van der Waals surface area (Å²) in [5, 5.41) is 0. The van der Waals surface area contributed by atoms with Gasteiger partial charge in [-0.25, -0.2) is 0 Å². The van der Waals surface area contributed by atoms with E-state index >= 15 is 0 Å². The summed E-state index contributed by atoms with van der Waals surface area (Å²) in [6.07, 6.45) is 8.13. The van der Waals surface area contributed by atoms with Gasteiger partial charge in [0.25, 0.3) is 0 Å². The van der Waals surface area contributed by atoms with E-state index in [9.17, 15) is 25.2 Å². The van der Waals surface area contributed by atoms with Crippen molar-refractivity contribution in [2.45, 2.75) is 31.5 Å². The van der Waals surface area contributed by atoms with Crippen LogP contribution in [0.25, 0.3) is 0 Å². The van der Waals surface area contributed by atoms with Gasteiger partial charge in [-0.05, 0) is 18.4 Å². The molecule has 0 unspecified atom stereocenters. The van der Waals surface area contributed by atoms with Crippen LogP contribution in [0.15, 0.2) is 48.6 Å². The molecule has 1 aromatic carbocycles. The predicted molar refractivity (Wildman–Crippen MR) is 80.9 cm³/mol. The Morgan fingerprint density at radius 3 is 1.43 bits per heavy atom. The van der Waals surface area contributed by atoms with E-state index in [1.807, 2.05) is 12.2 Å². The van der Waals surface area contributed by atoms with Gasteiger partial charge in [0.1, 0.15) is 0 Å². The second kappa shape index (κ2) is 7.41. The molecule has 1 aromatic rings. The zero-order chi connectivity index (χ0) is 18.4. The first-order chi connectivity index (χ1) is 10.0. The second-order valence-corrected chi connectivity index (χ2v) is 7.87. The van der Waals surface area contributed by atoms with Gasteiger partial charge < -0.3 is 0 Å². The Morgan fingerprint density at radius 1 is 0.870 bits per heavy atom. The molecular weight excluding hydrogens is 381 g/mol. The fourth-order valence-electron chi connectivity index (χ4n) is 1.35. The van der Waals surface area contributed by atoms with E-state index in [0.717, 1.165) is 0 Å². The number of aryl methyl sites for hydroxylation is 1. The summed E-state index contributed by atoms with van der Waals surface area (Å²) in [5.41, 5.74) is 2.76. The molecule has 8 heteroatoms. The van der Waals surface area contributed by atoms with E-state index in [4.69, 9.17) is 0 Å². The van der Waals surface area contributed by atoms with Crippen LogP contribution >= 0.6 is 7.81 Å². The molecule has 23 heavy (non-hydrogen) atoms. The summed E-state index contributed by atoms with van der Waals surface area (Å²) in [5.74, 6) is 0.653. The number of benzene rings is 1. The molecule has 1 aliphatic rings. The summed E-state index contributed by atoms with van der Waals surface area (Å²) in [6.45, 7) is 6.54. The van der Waals surface area contributed by atoms with Crippen molar-refractivity contribution in [2.75, 3.05) is 0 Å². The zero-order valence-electron chi connectivity index (χ0n) is 12.8. The molecule has 0 fully saturated rings. The van der Waals surface area contributed by atoms with Crippen molar-refractivity contribution >= 4 is 7.81 Å². The third kappa shape index (κ3) is 19.2. The van der Waals surface area contributed by atoms with Crippen LogP contribution in [0.2, 0.25) is 4.82 Å². The average molecular weight is 400 g/mol. The summed E-state index contributed by atoms with van der Waals surface area (Å²) < 4.78 is 59.2. The Morgan fingerprint density at radius 2 is 1.22 bits per heavy atom. The van der Waals surface area contributed by atoms with Crippen LogP contribution in [0.3, 0.4) is 0 Å². The van der Waals surface area contributed by atoms with Crippen molar-refractivity contribution in [3.63, 3.8) is 0 Å². The molecule has 0 radical (unpaired) electrons. The first-order valence-corrected chi connectivity index (χ1v) is 9.32. The third-order valence-electron chi connectivity index (χ3n) is 2.44. The molecular formula is C15H19F6FeP-. The molecule has 135 valence electrons. The van der Waals surface area contributed by atoms with Crippen LogP contribution in [0.1, 0.15) is 30.9 Å². The molecule has 1 aliphatic carbocycles. The maximum absolute atomic E-state index is 10.7. The van der Waals surface area contributed by atoms with E-state index in [2.05, 4.69) is 73.2 Å². The van der Waals surface area contributed by atoms with E-state index in [1.54, 1.807) is 0 Å². The van der Waals surface area contributed by atoms with Gasteiger partial charge in [0, 0.05) is 0 Å². The number of halogens is 6. The molecule has 0 atom stereocenters. The molecule has 0 saturated carbocycles. The molecule has 0 N–H and O–H groups in total. The van der Waals surface area contributed by atoms with Crippen molar-refractivity contribution in [1.29, 1.82) is 0 Å². The number of allylic oxidation sites excluding steroid dienone is 4. The fourth-order valence-corrected chi connectivity index (χ4v) is 1.60. The Hall–Kier alpha value is -0.771. The van der Waals surface area contributed by atoms with E-state index in [0.29, 0.717) is 10.7 Å². The van der Waals surface area contributed by atoms with Crippen LogP contribution in [-0.2, 0) is 16.0 Å². The third-order valence-corrected chi connectivity index (χ3v) is 2.86. The number of hydrogen-bond donors (Lipinski definition) is 0. The molecule has 0 spiro atoms. The molecule has 0 aliphatic heterocycles. The quantitative estimate of drug-likeness (QED) is 0.255. The fraction of sp³-hybridized carbons (Fsp3) is 0.333. The van der Waals surface area contributed by atoms with Gasteiger partial charge in [0.05, 0.1) is 0 Å². The molecule has 2 rings (SSSR count). The van der Waals surface area contributed by atoms with Crippen molar-refractivity contribution in [2.24, 2.45) is 0 Å². The van der Waals surface area contributed by atoms with Gasteiger partial charge in [0.15, 0.2) is 0 Å². The summed E-state index contributed by atoms with van der Waals surface area (Å²) in [4.78, 5) is 0.435. The van der Waals surface area contributed by atoms with Crippen LogP contribution in [0.4, 0.5) is 25.2 Å². The van der Waals surface area contributed by atoms with Crippen molar-refractivity contribution < 1.29 is 41.2 Å². The first-order valence-electron chi connectivity index (χ1n) is 6.65. The monoisotopic (exact) mass is 400 g/mol. The number of rotatable bonds is 1. The topological polar surface area (TPSA) is 0 Å². The van der Waals surface area contributed by atoms with E-state index in [1.165, 1.54) is 11.1 Å². The van der Waals surface area contributed by atoms with E-state index in [-0.39, 0.29) is 0 Å². The summed E-state index contributed by atoms with van der Waals surface area (Å²) in [7, 11) is -10.7. The van der Waals surface area contributed by atoms with Crippen LogP contribution in [-0.4, -0.2) is 0 Å². The van der Waals surface area contributed by atoms with Gasteiger partial charge in [-0.15, -0.1) is 0 Å². The first kappa shape index (κ1) is 22.2. The predicted octanol–water partition coefficient (Wildman–Crippen LogP) is 7.95. The van der Waals surface area contributed by atoms with Crippen molar-refractivity contribution in [1.82, 2.24) is 0 Å². The van der Waals surface area contributed by atoms with Crippen LogP contribution in [0.5, 0.6) is 0 Å². The van der Waals surface area contributed by atoms with Crippen molar-refractivity contribution in [3.05, 3.63) is 59.7 Å². The normalized spacial score (nSPS) is 16.8. The Labute approximate surface area is 140 Å². The summed E-state index contributed by atoms with van der Waals surface area (Å²) in [6, 6.07) is 8.71. The molecule has 0 bridgehead atoms. The Balaban J connectivity index is 0.000000329. The minimum atomic E-state index is -10.7. The molecule has 0 nitrogen and oxygen atoms in total. The molecule has 0 aromatic heterocycles. The van der Waals surface area contributed by atoms with Crippen LogP contribution < -0.4 is 0 Å².